The monoisotopic (exact) mass is 439 g/mol. The minimum atomic E-state index is -0.381. The number of amides is 2. The van der Waals surface area contributed by atoms with Gasteiger partial charge in [0.15, 0.2) is 5.11 Å². The molecule has 1 atom stereocenters. The minimum Gasteiger partial charge on any atom is -0.496 e. The Hall–Kier alpha value is -3.23. The molecule has 1 aliphatic heterocycles. The first-order valence-corrected chi connectivity index (χ1v) is 10.4. The van der Waals surface area contributed by atoms with Gasteiger partial charge in [-0.25, -0.2) is 0 Å². The van der Waals surface area contributed by atoms with E-state index in [1.807, 2.05) is 24.3 Å². The molecule has 1 aliphatic rings. The zero-order chi connectivity index (χ0) is 22.1. The topological polar surface area (TPSA) is 88.7 Å². The van der Waals surface area contributed by atoms with Crippen molar-refractivity contribution in [3.05, 3.63) is 65.7 Å². The molecule has 0 aromatic heterocycles. The van der Waals surface area contributed by atoms with Crippen molar-refractivity contribution in [2.75, 3.05) is 25.6 Å². The lowest BCUT2D eigenvalue weighted by Crippen LogP contribution is -2.33. The van der Waals surface area contributed by atoms with Gasteiger partial charge in [0, 0.05) is 36.0 Å². The lowest BCUT2D eigenvalue weighted by atomic mass is 10.1. The number of carbonyl (C=O) groups excluding carboxylic acids is 2. The molecule has 31 heavy (non-hydrogen) atoms. The van der Waals surface area contributed by atoms with Crippen molar-refractivity contribution < 1.29 is 19.1 Å². The molecule has 162 valence electrons. The highest BCUT2D eigenvalue weighted by Gasteiger charge is 2.16. The lowest BCUT2D eigenvalue weighted by Gasteiger charge is -2.12. The molecule has 0 radical (unpaired) electrons. The number of benzene rings is 2. The van der Waals surface area contributed by atoms with Gasteiger partial charge in [-0.15, -0.1) is 0 Å². The predicted octanol–water partition coefficient (Wildman–Crippen LogP) is 3.13. The van der Waals surface area contributed by atoms with Gasteiger partial charge in [0.05, 0.1) is 13.2 Å². The van der Waals surface area contributed by atoms with Crippen LogP contribution in [0.5, 0.6) is 5.75 Å². The smallest absolute Gasteiger partial charge is 0.251 e. The van der Waals surface area contributed by atoms with Crippen molar-refractivity contribution in [2.24, 2.45) is 0 Å². The second-order valence-corrected chi connectivity index (χ2v) is 7.35. The number of para-hydroxylation sites is 1. The van der Waals surface area contributed by atoms with Crippen molar-refractivity contribution in [3.63, 3.8) is 0 Å². The lowest BCUT2D eigenvalue weighted by molar-refractivity contribution is -0.115. The quantitative estimate of drug-likeness (QED) is 0.454. The van der Waals surface area contributed by atoms with E-state index in [2.05, 4.69) is 16.0 Å². The van der Waals surface area contributed by atoms with Crippen molar-refractivity contribution in [2.45, 2.75) is 18.9 Å². The van der Waals surface area contributed by atoms with Gasteiger partial charge in [-0.1, -0.05) is 24.3 Å². The standard InChI is InChI=1S/C23H25N3O4S/c1-29-20-10-3-2-6-16(20)11-12-21(27)26-23(31)25-18-8-4-7-17(14-18)22(28)24-15-19-9-5-13-30-19/h2-4,6-8,10-12,14,19H,5,9,13,15H2,1H3,(H,24,28)(H2,25,26,27,31)/b12-11+. The van der Waals surface area contributed by atoms with Gasteiger partial charge in [-0.05, 0) is 55.4 Å². The fourth-order valence-corrected chi connectivity index (χ4v) is 3.36. The molecule has 0 aliphatic carbocycles. The van der Waals surface area contributed by atoms with Crippen LogP contribution in [0.1, 0.15) is 28.8 Å². The SMILES string of the molecule is COc1ccccc1/C=C/C(=O)NC(=S)Nc1cccc(C(=O)NCC2CCCO2)c1. The first kappa shape index (κ1) is 22.5. The van der Waals surface area contributed by atoms with Crippen LogP contribution in [0, 0.1) is 0 Å². The van der Waals surface area contributed by atoms with Gasteiger partial charge in [0.25, 0.3) is 5.91 Å². The Labute approximate surface area is 186 Å². The molecular weight excluding hydrogens is 414 g/mol. The number of thiocarbonyl (C=S) groups is 1. The molecule has 1 saturated heterocycles. The van der Waals surface area contributed by atoms with Crippen LogP contribution >= 0.6 is 12.2 Å². The first-order chi connectivity index (χ1) is 15.0. The molecule has 7 nitrogen and oxygen atoms in total. The Balaban J connectivity index is 1.51. The fraction of sp³-hybridized carbons (Fsp3) is 0.261. The highest BCUT2D eigenvalue weighted by Crippen LogP contribution is 2.18. The van der Waals surface area contributed by atoms with Crippen molar-refractivity contribution in [1.29, 1.82) is 0 Å². The Bertz CT molecular complexity index is 971. The largest absolute Gasteiger partial charge is 0.496 e. The van der Waals surface area contributed by atoms with Crippen molar-refractivity contribution in [1.82, 2.24) is 10.6 Å². The van der Waals surface area contributed by atoms with E-state index in [1.54, 1.807) is 37.5 Å². The highest BCUT2D eigenvalue weighted by atomic mass is 32.1. The van der Waals surface area contributed by atoms with E-state index in [0.717, 1.165) is 25.0 Å². The normalized spacial score (nSPS) is 15.5. The number of methoxy groups -OCH3 is 1. The summed E-state index contributed by atoms with van der Waals surface area (Å²) in [6.45, 7) is 1.24. The van der Waals surface area contributed by atoms with Gasteiger partial charge in [0.2, 0.25) is 5.91 Å². The number of hydrogen-bond acceptors (Lipinski definition) is 5. The molecule has 2 aromatic carbocycles. The fourth-order valence-electron chi connectivity index (χ4n) is 3.14. The molecular formula is C23H25N3O4S. The Kier molecular flexibility index (Phi) is 8.14. The number of anilines is 1. The summed E-state index contributed by atoms with van der Waals surface area (Å²) in [5, 5.41) is 8.52. The summed E-state index contributed by atoms with van der Waals surface area (Å²) < 4.78 is 10.8. The first-order valence-electron chi connectivity index (χ1n) is 9.98. The maximum absolute atomic E-state index is 12.4. The van der Waals surface area contributed by atoms with E-state index < -0.39 is 0 Å². The zero-order valence-electron chi connectivity index (χ0n) is 17.2. The van der Waals surface area contributed by atoms with Gasteiger partial charge in [0.1, 0.15) is 5.75 Å². The summed E-state index contributed by atoms with van der Waals surface area (Å²) >= 11 is 5.21. The average molecular weight is 440 g/mol. The van der Waals surface area contributed by atoms with E-state index in [0.29, 0.717) is 23.5 Å². The Morgan fingerprint density at radius 2 is 2.06 bits per heavy atom. The molecule has 3 rings (SSSR count). The van der Waals surface area contributed by atoms with Crippen LogP contribution in [0.25, 0.3) is 6.08 Å². The molecule has 8 heteroatoms. The number of rotatable bonds is 7. The second kappa shape index (κ2) is 11.2. The van der Waals surface area contributed by atoms with Crippen LogP contribution in [-0.2, 0) is 9.53 Å². The molecule has 0 spiro atoms. The number of hydrogen-bond donors (Lipinski definition) is 3. The molecule has 0 saturated carbocycles. The summed E-state index contributed by atoms with van der Waals surface area (Å²) in [6.07, 6.45) is 5.09. The minimum absolute atomic E-state index is 0.0805. The second-order valence-electron chi connectivity index (χ2n) is 6.94. The summed E-state index contributed by atoms with van der Waals surface area (Å²) in [7, 11) is 1.57. The Morgan fingerprint density at radius 3 is 2.84 bits per heavy atom. The zero-order valence-corrected chi connectivity index (χ0v) is 18.0. The number of ether oxygens (including phenoxy) is 2. The van der Waals surface area contributed by atoms with Gasteiger partial charge < -0.3 is 20.1 Å². The average Bonchev–Trinajstić information content (AvgIpc) is 3.30. The third-order valence-corrected chi connectivity index (χ3v) is 4.89. The predicted molar refractivity (Wildman–Crippen MR) is 124 cm³/mol. The summed E-state index contributed by atoms with van der Waals surface area (Å²) in [5.74, 6) is 0.101. The molecule has 2 aromatic rings. The van der Waals surface area contributed by atoms with Crippen LogP contribution in [0.2, 0.25) is 0 Å². The third kappa shape index (κ3) is 6.91. The molecule has 2 amide bonds. The maximum Gasteiger partial charge on any atom is 0.251 e. The maximum atomic E-state index is 12.4. The van der Waals surface area contributed by atoms with Crippen LogP contribution in [0.3, 0.4) is 0 Å². The van der Waals surface area contributed by atoms with E-state index in [1.165, 1.54) is 6.08 Å². The Morgan fingerprint density at radius 1 is 1.23 bits per heavy atom. The molecule has 0 bridgehead atoms. The summed E-state index contributed by atoms with van der Waals surface area (Å²) in [5.41, 5.74) is 1.87. The molecule has 1 heterocycles. The summed E-state index contributed by atoms with van der Waals surface area (Å²) in [6, 6.07) is 14.3. The van der Waals surface area contributed by atoms with E-state index in [-0.39, 0.29) is 23.0 Å². The third-order valence-electron chi connectivity index (χ3n) is 4.69. The van der Waals surface area contributed by atoms with E-state index in [4.69, 9.17) is 21.7 Å². The molecule has 1 fully saturated rings. The highest BCUT2D eigenvalue weighted by molar-refractivity contribution is 7.80. The van der Waals surface area contributed by atoms with E-state index >= 15 is 0 Å². The van der Waals surface area contributed by atoms with Crippen molar-refractivity contribution in [3.8, 4) is 5.75 Å². The molecule has 3 N–H and O–H groups in total. The van der Waals surface area contributed by atoms with Crippen LogP contribution in [0.15, 0.2) is 54.6 Å². The van der Waals surface area contributed by atoms with Crippen LogP contribution in [0.4, 0.5) is 5.69 Å². The van der Waals surface area contributed by atoms with E-state index in [9.17, 15) is 9.59 Å². The van der Waals surface area contributed by atoms with Gasteiger partial charge in [-0.3, -0.25) is 14.9 Å². The van der Waals surface area contributed by atoms with Crippen LogP contribution < -0.4 is 20.7 Å². The molecule has 1 unspecified atom stereocenters. The summed E-state index contributed by atoms with van der Waals surface area (Å²) in [4.78, 5) is 24.5. The van der Waals surface area contributed by atoms with Crippen molar-refractivity contribution >= 4 is 40.9 Å². The van der Waals surface area contributed by atoms with Gasteiger partial charge >= 0.3 is 0 Å². The number of carbonyl (C=O) groups is 2. The number of nitrogens with one attached hydrogen (secondary N) is 3. The van der Waals surface area contributed by atoms with Crippen LogP contribution in [-0.4, -0.2) is 43.3 Å². The van der Waals surface area contributed by atoms with Gasteiger partial charge in [-0.2, -0.15) is 0 Å².